The molecule has 0 aliphatic rings. The van der Waals surface area contributed by atoms with Crippen molar-refractivity contribution in [2.45, 2.75) is 25.7 Å². The molecule has 0 N–H and O–H groups in total. The molecule has 0 spiro atoms. The molecule has 3 atom stereocenters. The summed E-state index contributed by atoms with van der Waals surface area (Å²) in [6.07, 6.45) is 0.571. The number of esters is 1. The van der Waals surface area contributed by atoms with Crippen molar-refractivity contribution in [1.82, 2.24) is 4.98 Å². The summed E-state index contributed by atoms with van der Waals surface area (Å²) in [5, 5.41) is 2.20. The van der Waals surface area contributed by atoms with E-state index in [0.29, 0.717) is 5.01 Å². The molecule has 10 heteroatoms. The minimum absolute atomic E-state index is 0.147. The number of carbonyl (C=O) groups is 1. The van der Waals surface area contributed by atoms with Crippen LogP contribution in [0.5, 0.6) is 5.75 Å². The summed E-state index contributed by atoms with van der Waals surface area (Å²) < 4.78 is 42.6. The summed E-state index contributed by atoms with van der Waals surface area (Å²) in [6.45, 7) is 2.13. The minimum Gasteiger partial charge on any atom is -0.755 e. The average molecular weight is 552 g/mol. The van der Waals surface area contributed by atoms with Gasteiger partial charge in [-0.25, -0.2) is 9.78 Å². The van der Waals surface area contributed by atoms with E-state index in [9.17, 15) is 13.6 Å². The topological polar surface area (TPSA) is 101 Å². The van der Waals surface area contributed by atoms with Gasteiger partial charge in [-0.15, -0.1) is 11.3 Å². The van der Waals surface area contributed by atoms with Gasteiger partial charge in [0.15, 0.2) is 6.04 Å². The number of rotatable bonds is 11. The van der Waals surface area contributed by atoms with Crippen LogP contribution in [0.15, 0.2) is 84.4 Å². The number of thiazole rings is 1. The van der Waals surface area contributed by atoms with Crippen molar-refractivity contribution >= 4 is 34.3 Å². The number of methoxy groups -OCH3 is 2. The van der Waals surface area contributed by atoms with E-state index in [-0.39, 0.29) is 12.3 Å². The molecule has 0 radical (unpaired) electrons. The Labute approximate surface area is 228 Å². The second-order valence-corrected chi connectivity index (χ2v) is 10.1. The van der Waals surface area contributed by atoms with Gasteiger partial charge in [0.05, 0.1) is 20.8 Å². The lowest BCUT2D eigenvalue weighted by atomic mass is 10.0. The SMILES string of the molecule is COC(=O)C(C(OCc1ccc(C)cc1)c1nccs1)N(c1ccc(-c2ccc(OC)cc2)cc1)S(=O)[O-]. The largest absolute Gasteiger partial charge is 0.755 e. The number of nitrogens with zero attached hydrogens (tertiary/aromatic N) is 2. The number of aryl methyl sites for hydroxylation is 1. The molecule has 0 aliphatic carbocycles. The van der Waals surface area contributed by atoms with Gasteiger partial charge in [0.2, 0.25) is 0 Å². The van der Waals surface area contributed by atoms with Gasteiger partial charge >= 0.3 is 5.97 Å². The summed E-state index contributed by atoms with van der Waals surface area (Å²) in [5.41, 5.74) is 4.06. The van der Waals surface area contributed by atoms with Crippen LogP contribution in [0.25, 0.3) is 11.1 Å². The van der Waals surface area contributed by atoms with Crippen molar-refractivity contribution in [3.8, 4) is 16.9 Å². The molecule has 1 aromatic heterocycles. The van der Waals surface area contributed by atoms with E-state index in [1.54, 1.807) is 43.0 Å². The Hall–Kier alpha value is -3.57. The first-order valence-corrected chi connectivity index (χ1v) is 13.6. The average Bonchev–Trinajstić information content (AvgIpc) is 3.48. The van der Waals surface area contributed by atoms with E-state index in [4.69, 9.17) is 14.2 Å². The molecular formula is C28H27N2O6S2-. The maximum Gasteiger partial charge on any atom is 0.332 e. The Bertz CT molecular complexity index is 1340. The number of carbonyl (C=O) groups excluding carboxylic acids is 1. The molecule has 3 unspecified atom stereocenters. The van der Waals surface area contributed by atoms with Crippen LogP contribution in [0, 0.1) is 6.92 Å². The Morgan fingerprint density at radius 3 is 2.16 bits per heavy atom. The summed E-state index contributed by atoms with van der Waals surface area (Å²) in [4.78, 5) is 17.5. The van der Waals surface area contributed by atoms with E-state index < -0.39 is 29.4 Å². The lowest BCUT2D eigenvalue weighted by Gasteiger charge is -2.36. The normalized spacial score (nSPS) is 13.4. The van der Waals surface area contributed by atoms with Gasteiger partial charge in [-0.05, 0) is 47.9 Å². The van der Waals surface area contributed by atoms with Gasteiger partial charge < -0.3 is 18.8 Å². The fraction of sp³-hybridized carbons (Fsp3) is 0.214. The zero-order chi connectivity index (χ0) is 27.1. The highest BCUT2D eigenvalue weighted by molar-refractivity contribution is 7.80. The molecule has 0 bridgehead atoms. The van der Waals surface area contributed by atoms with Crippen LogP contribution in [0.1, 0.15) is 22.2 Å². The molecule has 4 aromatic rings. The molecule has 1 heterocycles. The first kappa shape index (κ1) is 27.5. The molecule has 198 valence electrons. The zero-order valence-corrected chi connectivity index (χ0v) is 22.7. The highest BCUT2D eigenvalue weighted by atomic mass is 32.2. The molecular weight excluding hydrogens is 524 g/mol. The summed E-state index contributed by atoms with van der Waals surface area (Å²) in [7, 11) is 2.82. The Kier molecular flexibility index (Phi) is 9.24. The van der Waals surface area contributed by atoms with Crippen molar-refractivity contribution in [2.24, 2.45) is 0 Å². The lowest BCUT2D eigenvalue weighted by molar-refractivity contribution is -0.146. The molecule has 8 nitrogen and oxygen atoms in total. The van der Waals surface area contributed by atoms with Gasteiger partial charge in [0.25, 0.3) is 0 Å². The van der Waals surface area contributed by atoms with E-state index >= 15 is 0 Å². The number of hydrogen-bond donors (Lipinski definition) is 0. The number of aromatic nitrogens is 1. The van der Waals surface area contributed by atoms with Crippen molar-refractivity contribution < 1.29 is 27.8 Å². The lowest BCUT2D eigenvalue weighted by Crippen LogP contribution is -2.47. The number of hydrogen-bond acceptors (Lipinski definition) is 8. The third-order valence-corrected chi connectivity index (χ3v) is 7.53. The third kappa shape index (κ3) is 6.46. The second kappa shape index (κ2) is 12.8. The maximum absolute atomic E-state index is 13.1. The van der Waals surface area contributed by atoms with Crippen LogP contribution >= 0.6 is 11.3 Å². The van der Waals surface area contributed by atoms with Crippen molar-refractivity contribution in [3.63, 3.8) is 0 Å². The molecule has 0 fully saturated rings. The van der Waals surface area contributed by atoms with E-state index in [0.717, 1.165) is 32.3 Å². The predicted octanol–water partition coefficient (Wildman–Crippen LogP) is 5.23. The van der Waals surface area contributed by atoms with Crippen LogP contribution < -0.4 is 9.04 Å². The van der Waals surface area contributed by atoms with Gasteiger partial charge in [-0.2, -0.15) is 0 Å². The van der Waals surface area contributed by atoms with E-state index in [1.165, 1.54) is 18.4 Å². The molecule has 0 saturated carbocycles. The number of benzene rings is 3. The van der Waals surface area contributed by atoms with Gasteiger partial charge in [-0.3, -0.25) is 8.51 Å². The highest BCUT2D eigenvalue weighted by Gasteiger charge is 2.39. The van der Waals surface area contributed by atoms with Crippen LogP contribution in [0.2, 0.25) is 0 Å². The second-order valence-electron chi connectivity index (χ2n) is 8.37. The number of anilines is 1. The molecule has 0 saturated heterocycles. The molecule has 38 heavy (non-hydrogen) atoms. The van der Waals surface area contributed by atoms with Crippen molar-refractivity contribution in [2.75, 3.05) is 18.5 Å². The quantitative estimate of drug-likeness (QED) is 0.186. The smallest absolute Gasteiger partial charge is 0.332 e. The van der Waals surface area contributed by atoms with Gasteiger partial charge in [-0.1, -0.05) is 54.1 Å². The van der Waals surface area contributed by atoms with Gasteiger partial charge in [0, 0.05) is 28.5 Å². The van der Waals surface area contributed by atoms with Crippen molar-refractivity contribution in [3.05, 3.63) is 101 Å². The first-order chi connectivity index (χ1) is 18.4. The maximum atomic E-state index is 13.1. The first-order valence-electron chi connectivity index (χ1n) is 11.7. The van der Waals surface area contributed by atoms with Gasteiger partial charge in [0.1, 0.15) is 16.9 Å². The molecule has 0 aliphatic heterocycles. The number of ether oxygens (including phenoxy) is 3. The van der Waals surface area contributed by atoms with Crippen LogP contribution in [0.4, 0.5) is 5.69 Å². The Morgan fingerprint density at radius 1 is 1.00 bits per heavy atom. The van der Waals surface area contributed by atoms with Crippen LogP contribution in [-0.2, 0) is 32.1 Å². The van der Waals surface area contributed by atoms with Crippen LogP contribution in [-0.4, -0.2) is 40.0 Å². The zero-order valence-electron chi connectivity index (χ0n) is 21.1. The molecule has 4 rings (SSSR count). The highest BCUT2D eigenvalue weighted by Crippen LogP contribution is 2.34. The molecule has 0 amide bonds. The summed E-state index contributed by atoms with van der Waals surface area (Å²) in [6, 6.07) is 20.8. The third-order valence-electron chi connectivity index (χ3n) is 5.93. The fourth-order valence-corrected chi connectivity index (χ4v) is 5.32. The Balaban J connectivity index is 1.68. The summed E-state index contributed by atoms with van der Waals surface area (Å²) >= 11 is -1.56. The van der Waals surface area contributed by atoms with Crippen molar-refractivity contribution in [1.29, 1.82) is 0 Å². The molecule has 3 aromatic carbocycles. The fourth-order valence-electron chi connectivity index (χ4n) is 3.93. The minimum atomic E-state index is -2.83. The summed E-state index contributed by atoms with van der Waals surface area (Å²) in [5.74, 6) is -0.0318. The van der Waals surface area contributed by atoms with E-state index in [1.807, 2.05) is 55.5 Å². The Morgan fingerprint density at radius 2 is 1.63 bits per heavy atom. The van der Waals surface area contributed by atoms with Crippen LogP contribution in [0.3, 0.4) is 0 Å². The standard InChI is InChI=1S/C28H28N2O6S2/c1-19-4-6-20(7-5-19)18-36-26(27-29-16-17-37-27)25(28(31)35-3)30(38(32)33)23-12-8-21(9-13-23)22-10-14-24(34-2)15-11-22/h4-17,25-26H,18H2,1-3H3,(H,32,33)/p-1. The monoisotopic (exact) mass is 551 g/mol. The predicted molar refractivity (Wildman–Crippen MR) is 146 cm³/mol. The van der Waals surface area contributed by atoms with E-state index in [2.05, 4.69) is 4.98 Å².